The van der Waals surface area contributed by atoms with E-state index in [0.717, 1.165) is 5.69 Å². The molecule has 3 aromatic rings. The van der Waals surface area contributed by atoms with E-state index < -0.39 is 11.5 Å². The number of ether oxygens (including phenoxy) is 1. The molecule has 0 aliphatic carbocycles. The van der Waals surface area contributed by atoms with Crippen LogP contribution in [-0.2, 0) is 4.74 Å². The Hall–Kier alpha value is -2.96. The van der Waals surface area contributed by atoms with Gasteiger partial charge in [0, 0.05) is 0 Å². The molecule has 0 aliphatic rings. The average Bonchev–Trinajstić information content (AvgIpc) is 2.84. The minimum absolute atomic E-state index is 0.181. The molecule has 112 valence electrons. The Kier molecular flexibility index (Phi) is 3.46. The lowest BCUT2D eigenvalue weighted by atomic mass is 10.3. The van der Waals surface area contributed by atoms with Crippen LogP contribution in [0, 0.1) is 6.92 Å². The highest BCUT2D eigenvalue weighted by molar-refractivity contribution is 5.89. The zero-order valence-corrected chi connectivity index (χ0v) is 12.2. The molecule has 0 fully saturated rings. The highest BCUT2D eigenvalue weighted by atomic mass is 16.5. The molecule has 3 rings (SSSR count). The van der Waals surface area contributed by atoms with E-state index in [9.17, 15) is 9.59 Å². The van der Waals surface area contributed by atoms with Crippen molar-refractivity contribution < 1.29 is 9.53 Å². The number of hydrogen-bond donors (Lipinski definition) is 1. The minimum Gasteiger partial charge on any atom is -0.461 e. The number of H-pyrrole nitrogens is 1. The topological polar surface area (TPSA) is 89.9 Å². The SMILES string of the molecule is CCOC(=O)c1nc2c(C)nn(-c3ccccc3)c2[nH]c1=O. The molecule has 0 atom stereocenters. The maximum absolute atomic E-state index is 12.1. The third-order valence-electron chi connectivity index (χ3n) is 3.17. The van der Waals surface area contributed by atoms with Crippen LogP contribution in [0.1, 0.15) is 23.1 Å². The predicted octanol–water partition coefficient (Wildman–Crippen LogP) is 1.59. The first-order chi connectivity index (χ1) is 10.6. The summed E-state index contributed by atoms with van der Waals surface area (Å²) in [6.45, 7) is 3.62. The summed E-state index contributed by atoms with van der Waals surface area (Å²) in [6.07, 6.45) is 0. The Morgan fingerprint density at radius 3 is 2.73 bits per heavy atom. The first-order valence-corrected chi connectivity index (χ1v) is 6.84. The maximum atomic E-state index is 12.1. The molecule has 0 unspecified atom stereocenters. The molecule has 0 aliphatic heterocycles. The summed E-state index contributed by atoms with van der Waals surface area (Å²) in [5.74, 6) is -0.738. The lowest BCUT2D eigenvalue weighted by Crippen LogP contribution is -2.22. The lowest BCUT2D eigenvalue weighted by molar-refractivity contribution is 0.0517. The number of carbonyl (C=O) groups is 1. The number of carbonyl (C=O) groups excluding carboxylic acids is 1. The smallest absolute Gasteiger partial charge is 0.362 e. The van der Waals surface area contributed by atoms with Crippen molar-refractivity contribution in [3.05, 3.63) is 52.1 Å². The molecule has 0 saturated heterocycles. The van der Waals surface area contributed by atoms with Crippen molar-refractivity contribution in [2.24, 2.45) is 0 Å². The van der Waals surface area contributed by atoms with E-state index in [-0.39, 0.29) is 12.3 Å². The second kappa shape index (κ2) is 5.44. The van der Waals surface area contributed by atoms with E-state index in [0.29, 0.717) is 16.9 Å². The van der Waals surface area contributed by atoms with Crippen LogP contribution in [0.5, 0.6) is 0 Å². The molecule has 0 saturated carbocycles. The van der Waals surface area contributed by atoms with E-state index >= 15 is 0 Å². The van der Waals surface area contributed by atoms with Gasteiger partial charge >= 0.3 is 5.97 Å². The molecule has 1 N–H and O–H groups in total. The van der Waals surface area contributed by atoms with Crippen molar-refractivity contribution >= 4 is 17.1 Å². The second-order valence-corrected chi connectivity index (χ2v) is 4.66. The van der Waals surface area contributed by atoms with Gasteiger partial charge in [-0.25, -0.2) is 14.5 Å². The van der Waals surface area contributed by atoms with Crippen LogP contribution in [-0.4, -0.2) is 32.3 Å². The van der Waals surface area contributed by atoms with Crippen molar-refractivity contribution in [3.8, 4) is 5.69 Å². The van der Waals surface area contributed by atoms with Crippen molar-refractivity contribution in [2.75, 3.05) is 6.61 Å². The van der Waals surface area contributed by atoms with Crippen LogP contribution >= 0.6 is 0 Å². The molecule has 0 radical (unpaired) electrons. The van der Waals surface area contributed by atoms with E-state index in [1.165, 1.54) is 0 Å². The number of para-hydroxylation sites is 1. The minimum atomic E-state index is -0.738. The number of aromatic amines is 1. The fourth-order valence-electron chi connectivity index (χ4n) is 2.19. The summed E-state index contributed by atoms with van der Waals surface area (Å²) in [4.78, 5) is 30.7. The normalized spacial score (nSPS) is 10.8. The molecule has 1 aromatic carbocycles. The van der Waals surface area contributed by atoms with Crippen molar-refractivity contribution in [2.45, 2.75) is 13.8 Å². The standard InChI is InChI=1S/C15H14N4O3/c1-3-22-15(21)12-14(20)17-13-11(16-12)9(2)18-19(13)10-7-5-4-6-8-10/h4-8H,3H2,1-2H3,(H,17,20). The second-order valence-electron chi connectivity index (χ2n) is 4.66. The maximum Gasteiger partial charge on any atom is 0.362 e. The third kappa shape index (κ3) is 2.26. The first kappa shape index (κ1) is 14.0. The van der Waals surface area contributed by atoms with Gasteiger partial charge in [0.25, 0.3) is 5.56 Å². The Bertz CT molecular complexity index is 896. The van der Waals surface area contributed by atoms with Gasteiger partial charge in [0.15, 0.2) is 5.65 Å². The number of nitrogens with one attached hydrogen (secondary N) is 1. The Morgan fingerprint density at radius 2 is 2.05 bits per heavy atom. The monoisotopic (exact) mass is 298 g/mol. The Balaban J connectivity index is 2.22. The van der Waals surface area contributed by atoms with E-state index in [1.807, 2.05) is 30.3 Å². The number of aryl methyl sites for hydroxylation is 1. The molecule has 0 bridgehead atoms. The molecule has 2 aromatic heterocycles. The summed E-state index contributed by atoms with van der Waals surface area (Å²) in [6, 6.07) is 9.36. The van der Waals surface area contributed by atoms with Gasteiger partial charge in [0.05, 0.1) is 18.0 Å². The molecule has 2 heterocycles. The van der Waals surface area contributed by atoms with Crippen LogP contribution in [0.3, 0.4) is 0 Å². The third-order valence-corrected chi connectivity index (χ3v) is 3.17. The number of nitrogens with zero attached hydrogens (tertiary/aromatic N) is 3. The quantitative estimate of drug-likeness (QED) is 0.742. The number of aromatic nitrogens is 4. The molecular weight excluding hydrogens is 284 g/mol. The number of rotatable bonds is 3. The van der Waals surface area contributed by atoms with Gasteiger partial charge in [-0.15, -0.1) is 0 Å². The molecule has 0 amide bonds. The van der Waals surface area contributed by atoms with E-state index in [1.54, 1.807) is 18.5 Å². The van der Waals surface area contributed by atoms with Crippen LogP contribution < -0.4 is 5.56 Å². The van der Waals surface area contributed by atoms with Gasteiger partial charge < -0.3 is 9.72 Å². The molecule has 7 nitrogen and oxygen atoms in total. The predicted molar refractivity (Wildman–Crippen MR) is 80.2 cm³/mol. The van der Waals surface area contributed by atoms with Gasteiger partial charge in [0.1, 0.15) is 5.52 Å². The van der Waals surface area contributed by atoms with Crippen molar-refractivity contribution in [1.82, 2.24) is 19.7 Å². The van der Waals surface area contributed by atoms with Gasteiger partial charge in [-0.05, 0) is 26.0 Å². The van der Waals surface area contributed by atoms with Crippen LogP contribution in [0.15, 0.2) is 35.1 Å². The largest absolute Gasteiger partial charge is 0.461 e. The van der Waals surface area contributed by atoms with E-state index in [2.05, 4.69) is 15.1 Å². The first-order valence-electron chi connectivity index (χ1n) is 6.84. The van der Waals surface area contributed by atoms with Crippen molar-refractivity contribution in [1.29, 1.82) is 0 Å². The molecule has 7 heteroatoms. The molecule has 22 heavy (non-hydrogen) atoms. The van der Waals surface area contributed by atoms with Gasteiger partial charge in [-0.1, -0.05) is 18.2 Å². The fraction of sp³-hybridized carbons (Fsp3) is 0.200. The summed E-state index contributed by atoms with van der Waals surface area (Å²) < 4.78 is 6.43. The van der Waals surface area contributed by atoms with Crippen LogP contribution in [0.2, 0.25) is 0 Å². The van der Waals surface area contributed by atoms with Gasteiger partial charge in [-0.3, -0.25) is 4.79 Å². The number of esters is 1. The van der Waals surface area contributed by atoms with Gasteiger partial charge in [-0.2, -0.15) is 5.10 Å². The van der Waals surface area contributed by atoms with E-state index in [4.69, 9.17) is 4.74 Å². The van der Waals surface area contributed by atoms with Crippen LogP contribution in [0.4, 0.5) is 0 Å². The summed E-state index contributed by atoms with van der Waals surface area (Å²) >= 11 is 0. The fourth-order valence-corrected chi connectivity index (χ4v) is 2.19. The highest BCUT2D eigenvalue weighted by Crippen LogP contribution is 2.17. The average molecular weight is 298 g/mol. The summed E-state index contributed by atoms with van der Waals surface area (Å²) in [5.41, 5.74) is 1.46. The summed E-state index contributed by atoms with van der Waals surface area (Å²) in [5, 5.41) is 4.38. The zero-order chi connectivity index (χ0) is 15.7. The summed E-state index contributed by atoms with van der Waals surface area (Å²) in [7, 11) is 0. The highest BCUT2D eigenvalue weighted by Gasteiger charge is 2.19. The molecular formula is C15H14N4O3. The Labute approximate surface area is 125 Å². The number of benzene rings is 1. The lowest BCUT2D eigenvalue weighted by Gasteiger charge is -2.03. The number of hydrogen-bond acceptors (Lipinski definition) is 5. The van der Waals surface area contributed by atoms with Crippen molar-refractivity contribution in [3.63, 3.8) is 0 Å². The van der Waals surface area contributed by atoms with Crippen LogP contribution in [0.25, 0.3) is 16.9 Å². The Morgan fingerprint density at radius 1 is 1.32 bits per heavy atom. The van der Waals surface area contributed by atoms with Gasteiger partial charge in [0.2, 0.25) is 5.69 Å². The zero-order valence-electron chi connectivity index (χ0n) is 12.2. The molecule has 0 spiro atoms. The number of fused-ring (bicyclic) bond motifs is 1.